The molecule has 1 heterocycles. The standard InChI is InChI=1S/C28H28FNO6/c1-4-20-21(27(23(32)14-22(20)31)28(34)16-5-7-19(29)8-6-16)13-26(33)30-10-9-17-11-24(35-2)25(36-3)12-18(17)15-30/h5-8,11-12,14,31-32H,4,9-10,13,15H2,1-3H3. The van der Waals surface area contributed by atoms with Crippen LogP contribution in [0.2, 0.25) is 0 Å². The second kappa shape index (κ2) is 10.3. The molecule has 1 aliphatic rings. The molecule has 0 aliphatic carbocycles. The number of halogens is 1. The van der Waals surface area contributed by atoms with E-state index in [2.05, 4.69) is 0 Å². The van der Waals surface area contributed by atoms with Crippen molar-refractivity contribution in [2.24, 2.45) is 0 Å². The van der Waals surface area contributed by atoms with E-state index >= 15 is 0 Å². The summed E-state index contributed by atoms with van der Waals surface area (Å²) in [6.45, 7) is 2.61. The van der Waals surface area contributed by atoms with Gasteiger partial charge in [0.15, 0.2) is 17.3 Å². The monoisotopic (exact) mass is 493 g/mol. The lowest BCUT2D eigenvalue weighted by molar-refractivity contribution is -0.131. The normalized spacial score (nSPS) is 12.7. The molecule has 0 saturated heterocycles. The smallest absolute Gasteiger partial charge is 0.227 e. The maximum atomic E-state index is 13.4. The van der Waals surface area contributed by atoms with E-state index in [0.717, 1.165) is 29.3 Å². The summed E-state index contributed by atoms with van der Waals surface area (Å²) < 4.78 is 24.2. The van der Waals surface area contributed by atoms with Crippen molar-refractivity contribution >= 4 is 11.7 Å². The van der Waals surface area contributed by atoms with Gasteiger partial charge in [-0.05, 0) is 71.5 Å². The van der Waals surface area contributed by atoms with Gasteiger partial charge in [0.1, 0.15) is 17.3 Å². The first-order chi connectivity index (χ1) is 17.3. The van der Waals surface area contributed by atoms with E-state index in [9.17, 15) is 24.2 Å². The predicted molar refractivity (Wildman–Crippen MR) is 131 cm³/mol. The number of nitrogens with zero attached hydrogens (tertiary/aromatic N) is 1. The molecule has 36 heavy (non-hydrogen) atoms. The molecular formula is C28H28FNO6. The van der Waals surface area contributed by atoms with Crippen molar-refractivity contribution in [1.82, 2.24) is 4.90 Å². The van der Waals surface area contributed by atoms with Gasteiger partial charge in [-0.1, -0.05) is 6.92 Å². The van der Waals surface area contributed by atoms with Crippen LogP contribution in [0.25, 0.3) is 0 Å². The summed E-state index contributed by atoms with van der Waals surface area (Å²) in [5.74, 6) is -0.705. The minimum Gasteiger partial charge on any atom is -0.508 e. The Morgan fingerprint density at radius 1 is 0.944 bits per heavy atom. The summed E-state index contributed by atoms with van der Waals surface area (Å²) >= 11 is 0. The summed E-state index contributed by atoms with van der Waals surface area (Å²) in [5.41, 5.74) is 2.79. The zero-order valence-electron chi connectivity index (χ0n) is 20.4. The number of hydrogen-bond donors (Lipinski definition) is 2. The highest BCUT2D eigenvalue weighted by Crippen LogP contribution is 2.36. The third-order valence-electron chi connectivity index (χ3n) is 6.59. The molecule has 0 atom stereocenters. The van der Waals surface area contributed by atoms with Crippen LogP contribution in [0.5, 0.6) is 23.0 Å². The zero-order valence-corrected chi connectivity index (χ0v) is 20.4. The first-order valence-electron chi connectivity index (χ1n) is 11.7. The molecule has 3 aromatic carbocycles. The van der Waals surface area contributed by atoms with Gasteiger partial charge < -0.3 is 24.6 Å². The largest absolute Gasteiger partial charge is 0.508 e. The van der Waals surface area contributed by atoms with Crippen LogP contribution in [0.1, 0.15) is 45.1 Å². The van der Waals surface area contributed by atoms with Crippen LogP contribution >= 0.6 is 0 Å². The molecule has 4 rings (SSSR count). The van der Waals surface area contributed by atoms with Gasteiger partial charge in [0.25, 0.3) is 0 Å². The Hall–Kier alpha value is -4.07. The molecule has 0 fully saturated rings. The number of phenolic OH excluding ortho intramolecular Hbond substituents is 2. The molecule has 0 unspecified atom stereocenters. The molecule has 3 aromatic rings. The number of amides is 1. The van der Waals surface area contributed by atoms with Crippen molar-refractivity contribution in [2.75, 3.05) is 20.8 Å². The summed E-state index contributed by atoms with van der Waals surface area (Å²) in [4.78, 5) is 28.4. The number of hydrogen-bond acceptors (Lipinski definition) is 6. The molecule has 0 spiro atoms. The minimum absolute atomic E-state index is 0.0616. The van der Waals surface area contributed by atoms with Crippen LogP contribution in [0, 0.1) is 5.82 Å². The number of ether oxygens (including phenoxy) is 2. The van der Waals surface area contributed by atoms with E-state index in [1.54, 1.807) is 26.0 Å². The molecule has 2 N–H and O–H groups in total. The summed E-state index contributed by atoms with van der Waals surface area (Å²) in [7, 11) is 3.13. The van der Waals surface area contributed by atoms with Gasteiger partial charge in [-0.15, -0.1) is 0 Å². The Morgan fingerprint density at radius 2 is 1.58 bits per heavy atom. The van der Waals surface area contributed by atoms with Crippen LogP contribution in [0.4, 0.5) is 4.39 Å². The van der Waals surface area contributed by atoms with Crippen LogP contribution < -0.4 is 9.47 Å². The Labute approximate surface area is 208 Å². The van der Waals surface area contributed by atoms with Gasteiger partial charge in [-0.2, -0.15) is 0 Å². The highest BCUT2D eigenvalue weighted by atomic mass is 19.1. The third-order valence-corrected chi connectivity index (χ3v) is 6.59. The van der Waals surface area contributed by atoms with Crippen molar-refractivity contribution in [3.8, 4) is 23.0 Å². The first-order valence-corrected chi connectivity index (χ1v) is 11.7. The highest BCUT2D eigenvalue weighted by Gasteiger charge is 2.28. The average molecular weight is 494 g/mol. The van der Waals surface area contributed by atoms with Crippen LogP contribution in [-0.2, 0) is 30.6 Å². The number of aromatic hydroxyl groups is 2. The molecule has 0 aromatic heterocycles. The van der Waals surface area contributed by atoms with E-state index in [0.29, 0.717) is 43.0 Å². The van der Waals surface area contributed by atoms with Crippen LogP contribution in [0.3, 0.4) is 0 Å². The number of benzene rings is 3. The Bertz CT molecular complexity index is 1320. The number of fused-ring (bicyclic) bond motifs is 1. The van der Waals surface area contributed by atoms with Crippen molar-refractivity contribution in [3.05, 3.63) is 81.7 Å². The number of rotatable bonds is 7. The van der Waals surface area contributed by atoms with Gasteiger partial charge in [-0.3, -0.25) is 9.59 Å². The van der Waals surface area contributed by atoms with Gasteiger partial charge in [0.05, 0.1) is 26.2 Å². The van der Waals surface area contributed by atoms with Crippen molar-refractivity contribution in [2.45, 2.75) is 32.7 Å². The molecule has 0 saturated carbocycles. The molecular weight excluding hydrogens is 465 g/mol. The third kappa shape index (κ3) is 4.71. The predicted octanol–water partition coefficient (Wildman–Crippen LogP) is 4.17. The molecule has 8 heteroatoms. The number of carbonyl (C=O) groups is 2. The van der Waals surface area contributed by atoms with E-state index in [1.807, 2.05) is 12.1 Å². The van der Waals surface area contributed by atoms with Crippen molar-refractivity contribution < 1.29 is 33.7 Å². The summed E-state index contributed by atoms with van der Waals surface area (Å²) in [6.07, 6.45) is 0.781. The SMILES string of the molecule is CCc1c(O)cc(O)c(C(=O)c2ccc(F)cc2)c1CC(=O)N1CCc2cc(OC)c(OC)cc2C1. The lowest BCUT2D eigenvalue weighted by Crippen LogP contribution is -2.37. The minimum atomic E-state index is -0.550. The molecule has 0 bridgehead atoms. The summed E-state index contributed by atoms with van der Waals surface area (Å²) in [6, 6.07) is 9.84. The van der Waals surface area contributed by atoms with Crippen molar-refractivity contribution in [1.29, 1.82) is 0 Å². The maximum Gasteiger partial charge on any atom is 0.227 e. The Balaban J connectivity index is 1.68. The Morgan fingerprint density at radius 3 is 2.19 bits per heavy atom. The summed E-state index contributed by atoms with van der Waals surface area (Å²) in [5, 5.41) is 21.1. The maximum absolute atomic E-state index is 13.4. The molecule has 1 amide bonds. The fraction of sp³-hybridized carbons (Fsp3) is 0.286. The van der Waals surface area contributed by atoms with Gasteiger partial charge in [-0.25, -0.2) is 4.39 Å². The van der Waals surface area contributed by atoms with E-state index in [-0.39, 0.29) is 34.8 Å². The molecule has 0 radical (unpaired) electrons. The second-order valence-electron chi connectivity index (χ2n) is 8.65. The lowest BCUT2D eigenvalue weighted by Gasteiger charge is -2.30. The molecule has 1 aliphatic heterocycles. The number of methoxy groups -OCH3 is 2. The highest BCUT2D eigenvalue weighted by molar-refractivity contribution is 6.12. The van der Waals surface area contributed by atoms with Crippen molar-refractivity contribution in [3.63, 3.8) is 0 Å². The zero-order chi connectivity index (χ0) is 26.0. The quantitative estimate of drug-likeness (QED) is 0.480. The van der Waals surface area contributed by atoms with Gasteiger partial charge in [0, 0.05) is 24.7 Å². The fourth-order valence-electron chi connectivity index (χ4n) is 4.70. The van der Waals surface area contributed by atoms with E-state index in [4.69, 9.17) is 9.47 Å². The van der Waals surface area contributed by atoms with Crippen LogP contribution in [-0.4, -0.2) is 47.6 Å². The van der Waals surface area contributed by atoms with Crippen LogP contribution in [0.15, 0.2) is 42.5 Å². The Kier molecular flexibility index (Phi) is 7.15. The number of carbonyl (C=O) groups excluding carboxylic acids is 2. The van der Waals surface area contributed by atoms with Gasteiger partial charge in [0.2, 0.25) is 5.91 Å². The fourth-order valence-corrected chi connectivity index (χ4v) is 4.70. The first kappa shape index (κ1) is 25.0. The number of phenols is 2. The van der Waals surface area contributed by atoms with E-state index in [1.165, 1.54) is 12.1 Å². The van der Waals surface area contributed by atoms with Gasteiger partial charge >= 0.3 is 0 Å². The topological polar surface area (TPSA) is 96.3 Å². The molecule has 188 valence electrons. The lowest BCUT2D eigenvalue weighted by atomic mass is 9.89. The number of ketones is 1. The average Bonchev–Trinajstić information content (AvgIpc) is 2.87. The van der Waals surface area contributed by atoms with E-state index < -0.39 is 17.3 Å². The second-order valence-corrected chi connectivity index (χ2v) is 8.65. The molecule has 7 nitrogen and oxygen atoms in total.